The molecule has 1 aromatic rings. The number of nitrogens with zero attached hydrogens (tertiary/aromatic N) is 1. The molecular formula is C12H18N2O3S. The van der Waals surface area contributed by atoms with Crippen molar-refractivity contribution in [2.24, 2.45) is 0 Å². The van der Waals surface area contributed by atoms with Crippen LogP contribution in [0.15, 0.2) is 23.1 Å². The molecule has 0 saturated carbocycles. The Balaban J connectivity index is 2.37. The first-order chi connectivity index (χ1) is 8.43. The van der Waals surface area contributed by atoms with Crippen LogP contribution in [0.3, 0.4) is 0 Å². The lowest BCUT2D eigenvalue weighted by Gasteiger charge is -2.32. The van der Waals surface area contributed by atoms with E-state index in [9.17, 15) is 8.42 Å². The molecule has 0 spiro atoms. The van der Waals surface area contributed by atoms with Crippen LogP contribution >= 0.6 is 0 Å². The summed E-state index contributed by atoms with van der Waals surface area (Å²) in [6, 6.07) is 4.67. The van der Waals surface area contributed by atoms with Gasteiger partial charge in [0, 0.05) is 18.3 Å². The maximum Gasteiger partial charge on any atom is 0.243 e. The molecule has 5 nitrogen and oxygen atoms in total. The maximum absolute atomic E-state index is 12.5. The number of rotatable bonds is 2. The number of aryl methyl sites for hydroxylation is 1. The van der Waals surface area contributed by atoms with Crippen molar-refractivity contribution in [3.05, 3.63) is 23.8 Å². The molecule has 1 atom stereocenters. The van der Waals surface area contributed by atoms with E-state index in [1.54, 1.807) is 25.1 Å². The largest absolute Gasteiger partial charge is 0.399 e. The Kier molecular flexibility index (Phi) is 3.61. The van der Waals surface area contributed by atoms with Crippen molar-refractivity contribution in [3.63, 3.8) is 0 Å². The summed E-state index contributed by atoms with van der Waals surface area (Å²) < 4.78 is 31.7. The van der Waals surface area contributed by atoms with Gasteiger partial charge >= 0.3 is 0 Å². The first-order valence-corrected chi connectivity index (χ1v) is 7.32. The highest BCUT2D eigenvalue weighted by Crippen LogP contribution is 2.23. The van der Waals surface area contributed by atoms with Gasteiger partial charge < -0.3 is 10.5 Å². The minimum atomic E-state index is -3.45. The Labute approximate surface area is 108 Å². The van der Waals surface area contributed by atoms with E-state index < -0.39 is 10.0 Å². The molecule has 1 saturated heterocycles. The molecule has 0 aromatic heterocycles. The second-order valence-corrected chi connectivity index (χ2v) is 6.45. The minimum Gasteiger partial charge on any atom is -0.399 e. The van der Waals surface area contributed by atoms with Gasteiger partial charge in [0.1, 0.15) is 0 Å². The Morgan fingerprint density at radius 2 is 2.17 bits per heavy atom. The summed E-state index contributed by atoms with van der Waals surface area (Å²) >= 11 is 0. The Bertz CT molecular complexity index is 542. The van der Waals surface area contributed by atoms with Crippen molar-refractivity contribution in [2.75, 3.05) is 25.5 Å². The lowest BCUT2D eigenvalue weighted by molar-refractivity contribution is 0.0393. The van der Waals surface area contributed by atoms with E-state index in [0.29, 0.717) is 30.3 Å². The average molecular weight is 270 g/mol. The summed E-state index contributed by atoms with van der Waals surface area (Å²) in [5, 5.41) is 0. The number of ether oxygens (including phenoxy) is 1. The third-order valence-electron chi connectivity index (χ3n) is 3.15. The average Bonchev–Trinajstić information content (AvgIpc) is 2.33. The fourth-order valence-electron chi connectivity index (χ4n) is 2.01. The van der Waals surface area contributed by atoms with Gasteiger partial charge in [0.2, 0.25) is 10.0 Å². The fourth-order valence-corrected chi connectivity index (χ4v) is 3.70. The molecule has 1 aromatic carbocycles. The van der Waals surface area contributed by atoms with E-state index in [0.717, 1.165) is 5.56 Å². The molecule has 0 radical (unpaired) electrons. The lowest BCUT2D eigenvalue weighted by Crippen LogP contribution is -2.46. The minimum absolute atomic E-state index is 0.137. The number of benzene rings is 1. The van der Waals surface area contributed by atoms with Crippen LogP contribution in [-0.2, 0) is 14.8 Å². The van der Waals surface area contributed by atoms with Gasteiger partial charge in [-0.2, -0.15) is 4.31 Å². The van der Waals surface area contributed by atoms with Crippen LogP contribution in [0.4, 0.5) is 5.69 Å². The summed E-state index contributed by atoms with van der Waals surface area (Å²) in [6.07, 6.45) is 0. The number of anilines is 1. The Morgan fingerprint density at radius 3 is 2.78 bits per heavy atom. The molecule has 0 bridgehead atoms. The third-order valence-corrected chi connectivity index (χ3v) is 5.16. The number of hydrogen-bond donors (Lipinski definition) is 1. The topological polar surface area (TPSA) is 72.6 Å². The SMILES string of the molecule is Cc1cc(S(=O)(=O)N2CCOCC2C)ccc1N. The van der Waals surface area contributed by atoms with E-state index in [4.69, 9.17) is 10.5 Å². The van der Waals surface area contributed by atoms with Gasteiger partial charge in [-0.3, -0.25) is 0 Å². The number of nitrogens with two attached hydrogens (primary N) is 1. The van der Waals surface area contributed by atoms with Crippen LogP contribution in [0.5, 0.6) is 0 Å². The van der Waals surface area contributed by atoms with E-state index in [1.165, 1.54) is 4.31 Å². The number of hydrogen-bond acceptors (Lipinski definition) is 4. The van der Waals surface area contributed by atoms with Crippen LogP contribution in [0.2, 0.25) is 0 Å². The molecule has 1 heterocycles. The summed E-state index contributed by atoms with van der Waals surface area (Å²) in [6.45, 7) is 4.93. The molecule has 6 heteroatoms. The van der Waals surface area contributed by atoms with Crippen molar-refractivity contribution in [1.82, 2.24) is 4.31 Å². The summed E-state index contributed by atoms with van der Waals surface area (Å²) in [5.74, 6) is 0. The van der Waals surface area contributed by atoms with Crippen molar-refractivity contribution < 1.29 is 13.2 Å². The zero-order valence-electron chi connectivity index (χ0n) is 10.6. The van der Waals surface area contributed by atoms with Gasteiger partial charge in [0.15, 0.2) is 0 Å². The van der Waals surface area contributed by atoms with Crippen molar-refractivity contribution in [2.45, 2.75) is 24.8 Å². The predicted molar refractivity (Wildman–Crippen MR) is 69.8 cm³/mol. The van der Waals surface area contributed by atoms with Crippen LogP contribution in [0, 0.1) is 6.92 Å². The van der Waals surface area contributed by atoms with Crippen LogP contribution in [0.25, 0.3) is 0 Å². The van der Waals surface area contributed by atoms with Crippen LogP contribution in [0.1, 0.15) is 12.5 Å². The number of sulfonamides is 1. The van der Waals surface area contributed by atoms with E-state index in [2.05, 4.69) is 0 Å². The van der Waals surface area contributed by atoms with Gasteiger partial charge in [-0.25, -0.2) is 8.42 Å². The normalized spacial score (nSPS) is 22.0. The van der Waals surface area contributed by atoms with Gasteiger partial charge in [-0.15, -0.1) is 0 Å². The molecule has 0 aliphatic carbocycles. The number of nitrogen functional groups attached to an aromatic ring is 1. The number of morpholine rings is 1. The Hall–Kier alpha value is -1.11. The lowest BCUT2D eigenvalue weighted by atomic mass is 10.2. The van der Waals surface area contributed by atoms with E-state index in [1.807, 2.05) is 6.92 Å². The molecule has 1 aliphatic rings. The molecule has 1 aliphatic heterocycles. The van der Waals surface area contributed by atoms with E-state index in [-0.39, 0.29) is 6.04 Å². The predicted octanol–water partition coefficient (Wildman–Crippen LogP) is 0.987. The molecule has 1 fully saturated rings. The summed E-state index contributed by atoms with van der Waals surface area (Å²) in [5.41, 5.74) is 7.09. The monoisotopic (exact) mass is 270 g/mol. The van der Waals surface area contributed by atoms with Gasteiger partial charge in [0.25, 0.3) is 0 Å². The van der Waals surface area contributed by atoms with E-state index >= 15 is 0 Å². The van der Waals surface area contributed by atoms with Crippen LogP contribution in [-0.4, -0.2) is 38.5 Å². The highest BCUT2D eigenvalue weighted by Gasteiger charge is 2.31. The van der Waals surface area contributed by atoms with Gasteiger partial charge in [-0.1, -0.05) is 0 Å². The molecular weight excluding hydrogens is 252 g/mol. The van der Waals surface area contributed by atoms with Crippen molar-refractivity contribution >= 4 is 15.7 Å². The van der Waals surface area contributed by atoms with Gasteiger partial charge in [-0.05, 0) is 37.6 Å². The molecule has 0 amide bonds. The molecule has 1 unspecified atom stereocenters. The summed E-state index contributed by atoms with van der Waals surface area (Å²) in [7, 11) is -3.45. The zero-order valence-corrected chi connectivity index (χ0v) is 11.4. The quantitative estimate of drug-likeness (QED) is 0.813. The second kappa shape index (κ2) is 4.87. The zero-order chi connectivity index (χ0) is 13.3. The third kappa shape index (κ3) is 2.36. The molecule has 2 N–H and O–H groups in total. The smallest absolute Gasteiger partial charge is 0.243 e. The maximum atomic E-state index is 12.5. The van der Waals surface area contributed by atoms with Crippen molar-refractivity contribution in [3.8, 4) is 0 Å². The highest BCUT2D eigenvalue weighted by molar-refractivity contribution is 7.89. The molecule has 2 rings (SSSR count). The Morgan fingerprint density at radius 1 is 1.44 bits per heavy atom. The first-order valence-electron chi connectivity index (χ1n) is 5.88. The standard InChI is InChI=1S/C12H18N2O3S/c1-9-7-11(3-4-12(9)13)18(15,16)14-5-6-17-8-10(14)2/h3-4,7,10H,5-6,8,13H2,1-2H3. The first kappa shape index (κ1) is 13.3. The van der Waals surface area contributed by atoms with Crippen LogP contribution < -0.4 is 5.73 Å². The molecule has 18 heavy (non-hydrogen) atoms. The molecule has 100 valence electrons. The van der Waals surface area contributed by atoms with Gasteiger partial charge in [0.05, 0.1) is 18.1 Å². The fraction of sp³-hybridized carbons (Fsp3) is 0.500. The highest BCUT2D eigenvalue weighted by atomic mass is 32.2. The van der Waals surface area contributed by atoms with Crippen molar-refractivity contribution in [1.29, 1.82) is 0 Å². The second-order valence-electron chi connectivity index (χ2n) is 4.56. The summed E-state index contributed by atoms with van der Waals surface area (Å²) in [4.78, 5) is 0.294.